The lowest BCUT2D eigenvalue weighted by Crippen LogP contribution is -2.50. The van der Waals surface area contributed by atoms with Gasteiger partial charge in [-0.25, -0.2) is 9.18 Å². The van der Waals surface area contributed by atoms with Crippen molar-refractivity contribution >= 4 is 17.6 Å². The van der Waals surface area contributed by atoms with Gasteiger partial charge in [-0.2, -0.15) is 13.2 Å². The molecule has 0 saturated carbocycles. The van der Waals surface area contributed by atoms with Crippen molar-refractivity contribution in [2.75, 3.05) is 11.9 Å². The lowest BCUT2D eigenvalue weighted by atomic mass is 10.0. The largest absolute Gasteiger partial charge is 0.416 e. The molecule has 0 unspecified atom stereocenters. The second kappa shape index (κ2) is 11.1. The van der Waals surface area contributed by atoms with E-state index in [4.69, 9.17) is 4.74 Å². The molecule has 0 saturated heterocycles. The van der Waals surface area contributed by atoms with E-state index in [1.807, 2.05) is 0 Å². The summed E-state index contributed by atoms with van der Waals surface area (Å²) in [7, 11) is 0. The molecule has 0 fully saturated rings. The molecule has 0 radical (unpaired) electrons. The van der Waals surface area contributed by atoms with Gasteiger partial charge in [0, 0.05) is 12.2 Å². The van der Waals surface area contributed by atoms with Crippen LogP contribution in [-0.2, 0) is 22.3 Å². The molecule has 7 nitrogen and oxygen atoms in total. The Bertz CT molecular complexity index is 1030. The minimum atomic E-state index is -4.48. The summed E-state index contributed by atoms with van der Waals surface area (Å²) in [6, 6.07) is 8.33. The van der Waals surface area contributed by atoms with Gasteiger partial charge in [-0.3, -0.25) is 4.79 Å². The number of urea groups is 1. The Labute approximate surface area is 192 Å². The van der Waals surface area contributed by atoms with Gasteiger partial charge in [0.25, 0.3) is 0 Å². The van der Waals surface area contributed by atoms with Gasteiger partial charge in [0.15, 0.2) is 0 Å². The van der Waals surface area contributed by atoms with E-state index in [0.717, 1.165) is 24.3 Å². The summed E-state index contributed by atoms with van der Waals surface area (Å²) in [6.07, 6.45) is -2.89. The molecule has 11 heteroatoms. The van der Waals surface area contributed by atoms with Crippen molar-refractivity contribution in [3.8, 4) is 0 Å². The number of benzene rings is 2. The Morgan fingerprint density at radius 3 is 2.44 bits per heavy atom. The third kappa shape index (κ3) is 7.29. The lowest BCUT2D eigenvalue weighted by Gasteiger charge is -2.31. The van der Waals surface area contributed by atoms with Crippen LogP contribution < -0.4 is 16.0 Å². The molecule has 0 aromatic heterocycles. The topological polar surface area (TPSA) is 99.7 Å². The Balaban J connectivity index is 1.49. The van der Waals surface area contributed by atoms with E-state index >= 15 is 0 Å². The minimum absolute atomic E-state index is 0.0488. The lowest BCUT2D eigenvalue weighted by molar-refractivity contribution is -0.137. The molecule has 2 aromatic carbocycles. The van der Waals surface area contributed by atoms with E-state index in [2.05, 4.69) is 16.0 Å². The van der Waals surface area contributed by atoms with Crippen molar-refractivity contribution < 1.29 is 37.0 Å². The number of ether oxygens (including phenoxy) is 1. The Morgan fingerprint density at radius 2 is 1.79 bits per heavy atom. The smallest absolute Gasteiger partial charge is 0.394 e. The SMILES string of the molecule is O=C(C[C@@H]1C=C[C@@H](NC(=O)Nc2ccc(C(F)(F)F)cc2)[C@H](CO)O1)NCc1cccc(F)c1. The molecule has 0 bridgehead atoms. The zero-order valence-corrected chi connectivity index (χ0v) is 17.8. The minimum Gasteiger partial charge on any atom is -0.394 e. The van der Waals surface area contributed by atoms with Gasteiger partial charge >= 0.3 is 12.2 Å². The number of carbonyl (C=O) groups is 2. The van der Waals surface area contributed by atoms with E-state index < -0.39 is 48.4 Å². The Morgan fingerprint density at radius 1 is 1.06 bits per heavy atom. The second-order valence-electron chi connectivity index (χ2n) is 7.59. The van der Waals surface area contributed by atoms with Crippen LogP contribution in [0.5, 0.6) is 0 Å². The third-order valence-corrected chi connectivity index (χ3v) is 5.00. The molecule has 4 N–H and O–H groups in total. The molecular weight excluding hydrogens is 458 g/mol. The highest BCUT2D eigenvalue weighted by Gasteiger charge is 2.31. The number of aliphatic hydroxyl groups is 1. The van der Waals surface area contributed by atoms with Crippen molar-refractivity contribution in [3.63, 3.8) is 0 Å². The molecule has 2 aromatic rings. The molecular formula is C23H23F4N3O4. The van der Waals surface area contributed by atoms with Crippen molar-refractivity contribution in [1.82, 2.24) is 10.6 Å². The molecule has 3 atom stereocenters. The fraction of sp³-hybridized carbons (Fsp3) is 0.304. The number of amides is 3. The van der Waals surface area contributed by atoms with Crippen LogP contribution in [-0.4, -0.2) is 41.9 Å². The van der Waals surface area contributed by atoms with Crippen LogP contribution in [0.2, 0.25) is 0 Å². The summed E-state index contributed by atoms with van der Waals surface area (Å²) in [4.78, 5) is 24.4. The van der Waals surface area contributed by atoms with Crippen molar-refractivity contribution in [3.05, 3.63) is 77.6 Å². The first-order valence-corrected chi connectivity index (χ1v) is 10.3. The van der Waals surface area contributed by atoms with Crippen LogP contribution in [0.3, 0.4) is 0 Å². The van der Waals surface area contributed by atoms with E-state index in [1.165, 1.54) is 18.2 Å². The number of hydrogen-bond donors (Lipinski definition) is 4. The molecule has 3 amide bonds. The highest BCUT2D eigenvalue weighted by Crippen LogP contribution is 2.29. The predicted octanol–water partition coefficient (Wildman–Crippen LogP) is 3.36. The van der Waals surface area contributed by atoms with Crippen LogP contribution in [0.4, 0.5) is 28.0 Å². The highest BCUT2D eigenvalue weighted by molar-refractivity contribution is 5.89. The average molecular weight is 481 g/mol. The maximum atomic E-state index is 13.2. The molecule has 1 aliphatic heterocycles. The molecule has 0 aliphatic carbocycles. The maximum Gasteiger partial charge on any atom is 0.416 e. The van der Waals surface area contributed by atoms with Crippen molar-refractivity contribution in [2.45, 2.75) is 37.4 Å². The van der Waals surface area contributed by atoms with E-state index in [9.17, 15) is 32.3 Å². The molecule has 3 rings (SSSR count). The van der Waals surface area contributed by atoms with Crippen LogP contribution in [0.1, 0.15) is 17.5 Å². The summed E-state index contributed by atoms with van der Waals surface area (Å²) >= 11 is 0. The van der Waals surface area contributed by atoms with Gasteiger partial charge in [-0.15, -0.1) is 0 Å². The van der Waals surface area contributed by atoms with Crippen LogP contribution in [0.15, 0.2) is 60.7 Å². The van der Waals surface area contributed by atoms with E-state index in [1.54, 1.807) is 18.2 Å². The fourth-order valence-corrected chi connectivity index (χ4v) is 3.30. The quantitative estimate of drug-likeness (QED) is 0.360. The van der Waals surface area contributed by atoms with Gasteiger partial charge in [0.2, 0.25) is 5.91 Å². The number of carbonyl (C=O) groups excluding carboxylic acids is 2. The van der Waals surface area contributed by atoms with Gasteiger partial charge in [-0.05, 0) is 42.0 Å². The zero-order chi connectivity index (χ0) is 24.7. The summed E-state index contributed by atoms with van der Waals surface area (Å²) in [6.45, 7) is -0.304. The number of aliphatic hydroxyl groups excluding tert-OH is 1. The zero-order valence-electron chi connectivity index (χ0n) is 17.8. The van der Waals surface area contributed by atoms with Crippen molar-refractivity contribution in [1.29, 1.82) is 0 Å². The molecule has 0 spiro atoms. The number of nitrogens with one attached hydrogen (secondary N) is 3. The number of hydrogen-bond acceptors (Lipinski definition) is 4. The molecule has 182 valence electrons. The molecule has 1 aliphatic rings. The van der Waals surface area contributed by atoms with Gasteiger partial charge in [0.05, 0.1) is 30.7 Å². The average Bonchev–Trinajstić information content (AvgIpc) is 2.78. The van der Waals surface area contributed by atoms with E-state index in [0.29, 0.717) is 5.56 Å². The Kier molecular flexibility index (Phi) is 8.24. The summed E-state index contributed by atoms with van der Waals surface area (Å²) in [5.41, 5.74) is -0.0851. The normalized spacial score (nSPS) is 20.0. The third-order valence-electron chi connectivity index (χ3n) is 5.00. The molecule has 1 heterocycles. The van der Waals surface area contributed by atoms with Crippen LogP contribution >= 0.6 is 0 Å². The first kappa shape index (κ1) is 25.2. The summed E-state index contributed by atoms with van der Waals surface area (Å²) in [5, 5.41) is 17.3. The highest BCUT2D eigenvalue weighted by atomic mass is 19.4. The summed E-state index contributed by atoms with van der Waals surface area (Å²) in [5.74, 6) is -0.751. The maximum absolute atomic E-state index is 13.2. The fourth-order valence-electron chi connectivity index (χ4n) is 3.30. The van der Waals surface area contributed by atoms with Crippen LogP contribution in [0, 0.1) is 5.82 Å². The van der Waals surface area contributed by atoms with Gasteiger partial charge in [0.1, 0.15) is 11.9 Å². The number of halogens is 4. The first-order chi connectivity index (χ1) is 16.1. The predicted molar refractivity (Wildman–Crippen MR) is 115 cm³/mol. The Hall–Kier alpha value is -3.44. The molecule has 34 heavy (non-hydrogen) atoms. The number of anilines is 1. The first-order valence-electron chi connectivity index (χ1n) is 10.3. The number of alkyl halides is 3. The standard InChI is InChI=1S/C23H23F4N3O4/c24-16-3-1-2-14(10-16)12-28-21(32)11-18-8-9-19(20(13-31)34-18)30-22(33)29-17-6-4-15(5-7-17)23(25,26)27/h1-10,18-20,31H,11-13H2,(H,28,32)(H2,29,30,33)/t18-,19+,20-/m0/s1. The summed E-state index contributed by atoms with van der Waals surface area (Å²) < 4.78 is 56.8. The monoisotopic (exact) mass is 481 g/mol. The number of rotatable bonds is 7. The second-order valence-corrected chi connectivity index (χ2v) is 7.59. The van der Waals surface area contributed by atoms with Gasteiger partial charge in [-0.1, -0.05) is 24.3 Å². The van der Waals surface area contributed by atoms with Crippen LogP contribution in [0.25, 0.3) is 0 Å². The van der Waals surface area contributed by atoms with Crippen molar-refractivity contribution in [2.24, 2.45) is 0 Å². The van der Waals surface area contributed by atoms with E-state index in [-0.39, 0.29) is 24.6 Å². The van der Waals surface area contributed by atoms with Gasteiger partial charge < -0.3 is 25.8 Å².